The molecule has 2 aliphatic heterocycles. The quantitative estimate of drug-likeness (QED) is 0.503. The van der Waals surface area contributed by atoms with E-state index in [-0.39, 0.29) is 28.8 Å². The van der Waals surface area contributed by atoms with E-state index < -0.39 is 53.5 Å². The number of ether oxygens (including phenoxy) is 4. The number of rotatable bonds is 5. The summed E-state index contributed by atoms with van der Waals surface area (Å²) in [6.07, 6.45) is -4.93. The van der Waals surface area contributed by atoms with Crippen LogP contribution in [0.15, 0.2) is 4.79 Å². The number of carbonyl (C=O) groups is 2. The van der Waals surface area contributed by atoms with Crippen LogP contribution in [-0.2, 0) is 23.7 Å². The minimum atomic E-state index is -1.14. The summed E-state index contributed by atoms with van der Waals surface area (Å²) in [4.78, 5) is 43.4. The van der Waals surface area contributed by atoms with Crippen molar-refractivity contribution in [3.63, 3.8) is 0 Å². The summed E-state index contributed by atoms with van der Waals surface area (Å²) in [6.45, 7) is 3.27. The first-order valence-corrected chi connectivity index (χ1v) is 9.81. The normalized spacial score (nSPS) is 26.5. The van der Waals surface area contributed by atoms with Crippen molar-refractivity contribution in [1.29, 1.82) is 0 Å². The van der Waals surface area contributed by atoms with Gasteiger partial charge in [0.1, 0.15) is 23.5 Å². The van der Waals surface area contributed by atoms with Gasteiger partial charge in [0.15, 0.2) is 24.1 Å². The fourth-order valence-corrected chi connectivity index (χ4v) is 4.08. The molecule has 2 saturated heterocycles. The second-order valence-corrected chi connectivity index (χ2v) is 8.14. The van der Waals surface area contributed by atoms with Gasteiger partial charge in [-0.1, -0.05) is 25.2 Å². The number of nitrogen functional groups attached to an aromatic ring is 1. The molecule has 4 rings (SSSR count). The van der Waals surface area contributed by atoms with Gasteiger partial charge >= 0.3 is 17.0 Å². The highest BCUT2D eigenvalue weighted by Crippen LogP contribution is 2.39. The van der Waals surface area contributed by atoms with E-state index in [0.29, 0.717) is 11.3 Å². The predicted octanol–water partition coefficient (Wildman–Crippen LogP) is -0.531. The van der Waals surface area contributed by atoms with Crippen molar-refractivity contribution in [2.24, 2.45) is 11.7 Å². The maximum atomic E-state index is 12.6. The third kappa shape index (κ3) is 3.32. The number of nitrogens with zero attached hydrogens (tertiary/aromatic N) is 3. The SMILES string of the molecule is CC(C)[C@H](N)C(=O)OC[C@H]1O[C@@H](n2c(=O)sc3c(O)nc(N)nc32)C2OC(=O)O[C@@H]21. The number of aromatic hydroxyl groups is 1. The molecule has 5 N–H and O–H groups in total. The van der Waals surface area contributed by atoms with Gasteiger partial charge in [-0.3, -0.25) is 14.2 Å². The molecule has 0 amide bonds. The van der Waals surface area contributed by atoms with Crippen molar-refractivity contribution in [3.8, 4) is 5.88 Å². The van der Waals surface area contributed by atoms with E-state index >= 15 is 0 Å². The van der Waals surface area contributed by atoms with Crippen LogP contribution in [0.5, 0.6) is 5.88 Å². The molecule has 162 valence electrons. The van der Waals surface area contributed by atoms with Crippen molar-refractivity contribution in [3.05, 3.63) is 9.67 Å². The number of nitrogens with two attached hydrogens (primary N) is 2. The van der Waals surface area contributed by atoms with Gasteiger partial charge < -0.3 is 35.5 Å². The lowest BCUT2D eigenvalue weighted by molar-refractivity contribution is -0.153. The number of aromatic nitrogens is 3. The van der Waals surface area contributed by atoms with Crippen LogP contribution in [0.1, 0.15) is 20.1 Å². The van der Waals surface area contributed by atoms with Crippen LogP contribution in [0.4, 0.5) is 10.7 Å². The molecule has 2 aromatic heterocycles. The first-order valence-electron chi connectivity index (χ1n) is 8.99. The van der Waals surface area contributed by atoms with E-state index in [2.05, 4.69) is 9.97 Å². The molecular formula is C16H19N5O8S. The molecule has 2 aliphatic rings. The minimum absolute atomic E-state index is 0.0150. The Balaban J connectivity index is 1.63. The third-order valence-corrected chi connectivity index (χ3v) is 5.79. The third-order valence-electron chi connectivity index (χ3n) is 4.85. The summed E-state index contributed by atoms with van der Waals surface area (Å²) in [5.41, 5.74) is 11.4. The summed E-state index contributed by atoms with van der Waals surface area (Å²) < 4.78 is 22.5. The highest BCUT2D eigenvalue weighted by molar-refractivity contribution is 7.16. The average Bonchev–Trinajstić information content (AvgIpc) is 3.30. The summed E-state index contributed by atoms with van der Waals surface area (Å²) >= 11 is 0.676. The molecule has 0 spiro atoms. The molecule has 0 aromatic carbocycles. The van der Waals surface area contributed by atoms with Crippen LogP contribution in [0.2, 0.25) is 0 Å². The monoisotopic (exact) mass is 441 g/mol. The van der Waals surface area contributed by atoms with Crippen molar-refractivity contribution in [2.45, 2.75) is 44.4 Å². The standard InChI is InChI=1S/C16H19N5O8S/c1-4(2)6(17)13(23)26-3-5-7-8(29-16(25)28-7)12(27-5)21-10-9(30-15(21)24)11(22)20-14(18)19-10/h4-8,12H,3,17H2,1-2H3,(H3,18,19,20,22)/t5-,6+,7-,8?,12-/m1/s1. The Morgan fingerprint density at radius 3 is 2.70 bits per heavy atom. The van der Waals surface area contributed by atoms with Gasteiger partial charge in [0, 0.05) is 0 Å². The van der Waals surface area contributed by atoms with Crippen LogP contribution >= 0.6 is 11.3 Å². The lowest BCUT2D eigenvalue weighted by Gasteiger charge is -2.19. The Kier molecular flexibility index (Phi) is 4.99. The second-order valence-electron chi connectivity index (χ2n) is 7.18. The topological polar surface area (TPSA) is 191 Å². The first-order chi connectivity index (χ1) is 14.2. The number of esters is 1. The molecule has 2 aromatic rings. The number of hydrogen-bond acceptors (Lipinski definition) is 13. The zero-order valence-corrected chi connectivity index (χ0v) is 16.7. The molecule has 13 nitrogen and oxygen atoms in total. The molecule has 14 heteroatoms. The number of hydrogen-bond donors (Lipinski definition) is 3. The second kappa shape index (κ2) is 7.37. The molecule has 0 aliphatic carbocycles. The summed E-state index contributed by atoms with van der Waals surface area (Å²) in [6, 6.07) is -0.827. The van der Waals surface area contributed by atoms with Gasteiger partial charge in [-0.2, -0.15) is 9.97 Å². The molecule has 1 unspecified atom stereocenters. The fourth-order valence-electron chi connectivity index (χ4n) is 3.25. The van der Waals surface area contributed by atoms with E-state index in [1.807, 2.05) is 0 Å². The lowest BCUT2D eigenvalue weighted by atomic mass is 10.1. The molecule has 4 heterocycles. The van der Waals surface area contributed by atoms with Crippen LogP contribution in [-0.4, -0.2) is 62.7 Å². The van der Waals surface area contributed by atoms with E-state index in [1.165, 1.54) is 0 Å². The maximum Gasteiger partial charge on any atom is 0.509 e. The van der Waals surface area contributed by atoms with Crippen molar-refractivity contribution in [1.82, 2.24) is 14.5 Å². The Labute approximate surface area is 172 Å². The Morgan fingerprint density at radius 2 is 2.00 bits per heavy atom. The first kappa shape index (κ1) is 20.3. The highest BCUT2D eigenvalue weighted by atomic mass is 32.1. The Morgan fingerprint density at radius 1 is 1.30 bits per heavy atom. The van der Waals surface area contributed by atoms with Crippen LogP contribution in [0.25, 0.3) is 10.3 Å². The fraction of sp³-hybridized carbons (Fsp3) is 0.562. The lowest BCUT2D eigenvalue weighted by Crippen LogP contribution is -2.40. The van der Waals surface area contributed by atoms with E-state index in [0.717, 1.165) is 4.57 Å². The van der Waals surface area contributed by atoms with E-state index in [9.17, 15) is 19.5 Å². The maximum absolute atomic E-state index is 12.6. The predicted molar refractivity (Wildman–Crippen MR) is 101 cm³/mol. The van der Waals surface area contributed by atoms with Gasteiger partial charge in [-0.05, 0) is 5.92 Å². The Bertz CT molecular complexity index is 1070. The number of carbonyl (C=O) groups excluding carboxylic acids is 2. The molecule has 5 atom stereocenters. The van der Waals surface area contributed by atoms with Gasteiger partial charge in [0.25, 0.3) is 0 Å². The number of anilines is 1. The van der Waals surface area contributed by atoms with E-state index in [1.54, 1.807) is 13.8 Å². The summed E-state index contributed by atoms with van der Waals surface area (Å²) in [7, 11) is 0. The minimum Gasteiger partial charge on any atom is -0.492 e. The van der Waals surface area contributed by atoms with Crippen LogP contribution in [0.3, 0.4) is 0 Å². The Hall–Kier alpha value is -2.97. The van der Waals surface area contributed by atoms with Gasteiger partial charge in [0.05, 0.1) is 0 Å². The smallest absolute Gasteiger partial charge is 0.492 e. The average molecular weight is 441 g/mol. The molecule has 2 fully saturated rings. The number of thiazole rings is 1. The molecular weight excluding hydrogens is 422 g/mol. The largest absolute Gasteiger partial charge is 0.509 e. The zero-order chi connectivity index (χ0) is 21.7. The molecule has 0 radical (unpaired) electrons. The number of fused-ring (bicyclic) bond motifs is 2. The summed E-state index contributed by atoms with van der Waals surface area (Å²) in [5.74, 6) is -1.49. The molecule has 0 bridgehead atoms. The van der Waals surface area contributed by atoms with E-state index in [4.69, 9.17) is 30.4 Å². The van der Waals surface area contributed by atoms with Gasteiger partial charge in [-0.15, -0.1) is 0 Å². The van der Waals surface area contributed by atoms with Crippen molar-refractivity contribution in [2.75, 3.05) is 12.3 Å². The van der Waals surface area contributed by atoms with Crippen molar-refractivity contribution < 1.29 is 33.6 Å². The van der Waals surface area contributed by atoms with Crippen LogP contribution in [0, 0.1) is 5.92 Å². The highest BCUT2D eigenvalue weighted by Gasteiger charge is 2.56. The molecule has 0 saturated carbocycles. The van der Waals surface area contributed by atoms with Gasteiger partial charge in [-0.25, -0.2) is 4.79 Å². The summed E-state index contributed by atoms with van der Waals surface area (Å²) in [5, 5.41) is 9.96. The van der Waals surface area contributed by atoms with Crippen molar-refractivity contribution >= 4 is 39.8 Å². The zero-order valence-electron chi connectivity index (χ0n) is 15.9. The van der Waals surface area contributed by atoms with Gasteiger partial charge in [0.2, 0.25) is 11.8 Å². The van der Waals surface area contributed by atoms with Crippen LogP contribution < -0.4 is 16.3 Å². The molecule has 30 heavy (non-hydrogen) atoms.